The van der Waals surface area contributed by atoms with E-state index < -0.39 is 0 Å². The van der Waals surface area contributed by atoms with E-state index in [-0.39, 0.29) is 5.91 Å². The van der Waals surface area contributed by atoms with Crippen LogP contribution in [0.3, 0.4) is 0 Å². The summed E-state index contributed by atoms with van der Waals surface area (Å²) >= 11 is 0. The Bertz CT molecular complexity index is 888. The second-order valence-corrected chi connectivity index (χ2v) is 5.44. The van der Waals surface area contributed by atoms with Crippen molar-refractivity contribution in [3.8, 4) is 17.2 Å². The normalized spacial score (nSPS) is 10.4. The molecule has 0 aliphatic carbocycles. The monoisotopic (exact) mass is 337 g/mol. The third kappa shape index (κ3) is 3.47. The molecule has 3 aromatic rings. The van der Waals surface area contributed by atoms with Gasteiger partial charge in [-0.15, -0.1) is 0 Å². The van der Waals surface area contributed by atoms with Gasteiger partial charge in [0.15, 0.2) is 11.5 Å². The van der Waals surface area contributed by atoms with Crippen LogP contribution in [0.1, 0.15) is 16.1 Å². The van der Waals surface area contributed by atoms with E-state index in [9.17, 15) is 4.79 Å². The number of aromatic nitrogens is 2. The standard InChI is InChI=1S/C19H19N3O3/c1-13-11-18(22(21-13)15-7-5-4-6-8-15)20-19(23)14-9-10-16(24-2)17(12-14)25-3/h4-12H,1-3H3,(H,20,23). The number of anilines is 1. The summed E-state index contributed by atoms with van der Waals surface area (Å²) in [7, 11) is 3.09. The molecule has 0 unspecified atom stereocenters. The Morgan fingerprint density at radius 2 is 1.72 bits per heavy atom. The Morgan fingerprint density at radius 1 is 1.00 bits per heavy atom. The maximum Gasteiger partial charge on any atom is 0.256 e. The van der Waals surface area contributed by atoms with Gasteiger partial charge in [-0.1, -0.05) is 18.2 Å². The van der Waals surface area contributed by atoms with Gasteiger partial charge in [0.25, 0.3) is 5.91 Å². The average molecular weight is 337 g/mol. The maximum absolute atomic E-state index is 12.6. The van der Waals surface area contributed by atoms with Gasteiger partial charge >= 0.3 is 0 Å². The predicted molar refractivity (Wildman–Crippen MR) is 95.8 cm³/mol. The Kier molecular flexibility index (Phi) is 4.70. The van der Waals surface area contributed by atoms with E-state index in [0.717, 1.165) is 11.4 Å². The highest BCUT2D eigenvalue weighted by atomic mass is 16.5. The summed E-state index contributed by atoms with van der Waals surface area (Å²) in [5.74, 6) is 1.42. The summed E-state index contributed by atoms with van der Waals surface area (Å²) in [6, 6.07) is 16.5. The fourth-order valence-electron chi connectivity index (χ4n) is 2.52. The molecule has 0 aliphatic heterocycles. The minimum atomic E-state index is -0.252. The highest BCUT2D eigenvalue weighted by molar-refractivity contribution is 6.04. The number of carbonyl (C=O) groups is 1. The average Bonchev–Trinajstić information content (AvgIpc) is 3.01. The molecule has 1 amide bonds. The SMILES string of the molecule is COc1ccc(C(=O)Nc2cc(C)nn2-c2ccccc2)cc1OC. The number of benzene rings is 2. The number of nitrogens with zero attached hydrogens (tertiary/aromatic N) is 2. The van der Waals surface area contributed by atoms with Gasteiger partial charge in [-0.3, -0.25) is 4.79 Å². The number of para-hydroxylation sites is 1. The highest BCUT2D eigenvalue weighted by Crippen LogP contribution is 2.28. The second kappa shape index (κ2) is 7.09. The number of hydrogen-bond acceptors (Lipinski definition) is 4. The molecular weight excluding hydrogens is 318 g/mol. The third-order valence-electron chi connectivity index (χ3n) is 3.72. The van der Waals surface area contributed by atoms with Crippen molar-refractivity contribution in [2.24, 2.45) is 0 Å². The largest absolute Gasteiger partial charge is 0.493 e. The quantitative estimate of drug-likeness (QED) is 0.774. The number of carbonyl (C=O) groups excluding carboxylic acids is 1. The Hall–Kier alpha value is -3.28. The van der Waals surface area contributed by atoms with Gasteiger partial charge in [-0.25, -0.2) is 4.68 Å². The van der Waals surface area contributed by atoms with Crippen molar-refractivity contribution in [3.05, 3.63) is 65.9 Å². The fourth-order valence-corrected chi connectivity index (χ4v) is 2.52. The first-order chi connectivity index (χ1) is 12.1. The molecule has 0 spiro atoms. The van der Waals surface area contributed by atoms with Crippen molar-refractivity contribution in [1.29, 1.82) is 0 Å². The first kappa shape index (κ1) is 16.6. The number of amides is 1. The second-order valence-electron chi connectivity index (χ2n) is 5.44. The summed E-state index contributed by atoms with van der Waals surface area (Å²) in [5.41, 5.74) is 2.15. The molecular formula is C19H19N3O3. The Labute approximate surface area is 146 Å². The smallest absolute Gasteiger partial charge is 0.256 e. The summed E-state index contributed by atoms with van der Waals surface area (Å²) in [5, 5.41) is 7.35. The van der Waals surface area contributed by atoms with Gasteiger partial charge in [0.05, 0.1) is 25.6 Å². The molecule has 1 aromatic heterocycles. The van der Waals surface area contributed by atoms with Crippen LogP contribution in [0.15, 0.2) is 54.6 Å². The first-order valence-electron chi connectivity index (χ1n) is 7.78. The van der Waals surface area contributed by atoms with E-state index >= 15 is 0 Å². The van der Waals surface area contributed by atoms with Crippen LogP contribution >= 0.6 is 0 Å². The van der Waals surface area contributed by atoms with Crippen molar-refractivity contribution < 1.29 is 14.3 Å². The van der Waals surface area contributed by atoms with E-state index in [4.69, 9.17) is 9.47 Å². The summed E-state index contributed by atoms with van der Waals surface area (Å²) in [6.07, 6.45) is 0. The number of methoxy groups -OCH3 is 2. The molecule has 25 heavy (non-hydrogen) atoms. The number of nitrogens with one attached hydrogen (secondary N) is 1. The minimum absolute atomic E-state index is 0.252. The molecule has 0 radical (unpaired) electrons. The van der Waals surface area contributed by atoms with Crippen molar-refractivity contribution in [2.75, 3.05) is 19.5 Å². The molecule has 0 saturated carbocycles. The molecule has 1 heterocycles. The van der Waals surface area contributed by atoms with Crippen molar-refractivity contribution in [3.63, 3.8) is 0 Å². The van der Waals surface area contributed by atoms with Crippen molar-refractivity contribution in [2.45, 2.75) is 6.92 Å². The summed E-state index contributed by atoms with van der Waals surface area (Å²) in [4.78, 5) is 12.6. The lowest BCUT2D eigenvalue weighted by Gasteiger charge is -2.11. The zero-order chi connectivity index (χ0) is 17.8. The van der Waals surface area contributed by atoms with Crippen LogP contribution in [-0.2, 0) is 0 Å². The number of rotatable bonds is 5. The summed E-state index contributed by atoms with van der Waals surface area (Å²) in [6.45, 7) is 1.88. The van der Waals surface area contributed by atoms with Gasteiger partial charge in [0, 0.05) is 11.6 Å². The Balaban J connectivity index is 1.89. The van der Waals surface area contributed by atoms with E-state index in [0.29, 0.717) is 22.9 Å². The number of hydrogen-bond donors (Lipinski definition) is 1. The van der Waals surface area contributed by atoms with E-state index in [1.807, 2.05) is 43.3 Å². The number of ether oxygens (including phenoxy) is 2. The lowest BCUT2D eigenvalue weighted by molar-refractivity contribution is 0.102. The molecule has 1 N–H and O–H groups in total. The predicted octanol–water partition coefficient (Wildman–Crippen LogP) is 3.45. The van der Waals surface area contributed by atoms with Crippen LogP contribution in [0.25, 0.3) is 5.69 Å². The third-order valence-corrected chi connectivity index (χ3v) is 3.72. The van der Waals surface area contributed by atoms with Gasteiger partial charge < -0.3 is 14.8 Å². The van der Waals surface area contributed by atoms with Crippen molar-refractivity contribution >= 4 is 11.7 Å². The molecule has 6 heteroatoms. The van der Waals surface area contributed by atoms with Crippen LogP contribution in [-0.4, -0.2) is 29.9 Å². The zero-order valence-electron chi connectivity index (χ0n) is 14.3. The van der Waals surface area contributed by atoms with E-state index in [2.05, 4.69) is 10.4 Å². The lowest BCUT2D eigenvalue weighted by atomic mass is 10.2. The van der Waals surface area contributed by atoms with E-state index in [1.54, 1.807) is 30.0 Å². The number of aryl methyl sites for hydroxylation is 1. The Morgan fingerprint density at radius 3 is 2.40 bits per heavy atom. The molecule has 0 bridgehead atoms. The summed E-state index contributed by atoms with van der Waals surface area (Å²) < 4.78 is 12.2. The minimum Gasteiger partial charge on any atom is -0.493 e. The van der Waals surface area contributed by atoms with Crippen LogP contribution < -0.4 is 14.8 Å². The highest BCUT2D eigenvalue weighted by Gasteiger charge is 2.14. The topological polar surface area (TPSA) is 65.4 Å². The van der Waals surface area contributed by atoms with Gasteiger partial charge in [-0.05, 0) is 37.3 Å². The molecule has 128 valence electrons. The zero-order valence-corrected chi connectivity index (χ0v) is 14.3. The maximum atomic E-state index is 12.6. The fraction of sp³-hybridized carbons (Fsp3) is 0.158. The van der Waals surface area contributed by atoms with Crippen LogP contribution in [0.5, 0.6) is 11.5 Å². The van der Waals surface area contributed by atoms with Gasteiger partial charge in [0.2, 0.25) is 0 Å². The van der Waals surface area contributed by atoms with E-state index in [1.165, 1.54) is 7.11 Å². The van der Waals surface area contributed by atoms with Crippen LogP contribution in [0, 0.1) is 6.92 Å². The molecule has 0 aliphatic rings. The lowest BCUT2D eigenvalue weighted by Crippen LogP contribution is -2.15. The first-order valence-corrected chi connectivity index (χ1v) is 7.78. The molecule has 0 saturated heterocycles. The van der Waals surface area contributed by atoms with Crippen LogP contribution in [0.2, 0.25) is 0 Å². The van der Waals surface area contributed by atoms with Crippen LogP contribution in [0.4, 0.5) is 5.82 Å². The van der Waals surface area contributed by atoms with Gasteiger partial charge in [0.1, 0.15) is 5.82 Å². The van der Waals surface area contributed by atoms with Crippen molar-refractivity contribution in [1.82, 2.24) is 9.78 Å². The molecule has 3 rings (SSSR count). The molecule has 6 nitrogen and oxygen atoms in total. The van der Waals surface area contributed by atoms with Gasteiger partial charge in [-0.2, -0.15) is 5.10 Å². The molecule has 0 atom stereocenters. The molecule has 2 aromatic carbocycles. The molecule has 0 fully saturated rings.